The molecule has 0 aliphatic rings. The summed E-state index contributed by atoms with van der Waals surface area (Å²) >= 11 is 1.31. The van der Waals surface area contributed by atoms with Gasteiger partial charge in [-0.2, -0.15) is 8.42 Å². The minimum Gasteiger partial charge on any atom is -0.304 e. The molecule has 23 heavy (non-hydrogen) atoms. The summed E-state index contributed by atoms with van der Waals surface area (Å²) in [6, 6.07) is 14.2. The highest BCUT2D eigenvalue weighted by Crippen LogP contribution is 2.18. The number of thiazole rings is 1. The number of benzene rings is 2. The Morgan fingerprint density at radius 3 is 2.57 bits per heavy atom. The van der Waals surface area contributed by atoms with Crippen molar-refractivity contribution in [2.24, 2.45) is 4.40 Å². The number of fused-ring (bicyclic) bond motifs is 1. The van der Waals surface area contributed by atoms with Crippen LogP contribution < -0.4 is 4.80 Å². The largest absolute Gasteiger partial charge is 0.304 e. The zero-order valence-electron chi connectivity index (χ0n) is 12.4. The van der Waals surface area contributed by atoms with Crippen LogP contribution in [-0.2, 0) is 16.6 Å². The minimum absolute atomic E-state index is 0.174. The predicted octanol–water partition coefficient (Wildman–Crippen LogP) is 2.93. The Morgan fingerprint density at radius 1 is 1.17 bits per heavy atom. The lowest BCUT2D eigenvalue weighted by Gasteiger charge is -2.01. The minimum atomic E-state index is -3.77. The van der Waals surface area contributed by atoms with Crippen LogP contribution in [0.1, 0.15) is 5.56 Å². The van der Waals surface area contributed by atoms with Crippen LogP contribution in [0, 0.1) is 19.3 Å². The molecule has 0 fully saturated rings. The Kier molecular flexibility index (Phi) is 4.07. The highest BCUT2D eigenvalue weighted by molar-refractivity contribution is 7.90. The van der Waals surface area contributed by atoms with E-state index >= 15 is 0 Å². The van der Waals surface area contributed by atoms with Gasteiger partial charge in [0, 0.05) is 0 Å². The molecular weight excluding hydrogens is 328 g/mol. The van der Waals surface area contributed by atoms with Gasteiger partial charge in [-0.1, -0.05) is 47.1 Å². The first-order valence-electron chi connectivity index (χ1n) is 6.91. The lowest BCUT2D eigenvalue weighted by atomic mass is 10.2. The maximum atomic E-state index is 12.5. The van der Waals surface area contributed by atoms with E-state index in [2.05, 4.69) is 10.3 Å². The molecule has 1 aromatic heterocycles. The number of aromatic nitrogens is 1. The number of nitrogens with zero attached hydrogens (tertiary/aromatic N) is 2. The lowest BCUT2D eigenvalue weighted by molar-refractivity contribution is 0.596. The average molecular weight is 342 g/mol. The summed E-state index contributed by atoms with van der Waals surface area (Å²) in [4.78, 5) is 0.553. The summed E-state index contributed by atoms with van der Waals surface area (Å²) in [6.07, 6.45) is 5.41. The SMILES string of the molecule is C#CCn1/c(=N/S(=O)(=O)c2ccc(C)cc2)sc2ccccc21. The molecule has 0 aliphatic heterocycles. The van der Waals surface area contributed by atoms with Gasteiger partial charge < -0.3 is 4.57 Å². The third-order valence-corrected chi connectivity index (χ3v) is 5.81. The number of hydrogen-bond donors (Lipinski definition) is 0. The quantitative estimate of drug-likeness (QED) is 0.687. The molecule has 0 bridgehead atoms. The van der Waals surface area contributed by atoms with Gasteiger partial charge in [-0.25, -0.2) is 0 Å². The highest BCUT2D eigenvalue weighted by atomic mass is 32.2. The maximum Gasteiger partial charge on any atom is 0.285 e. The topological polar surface area (TPSA) is 51.4 Å². The summed E-state index contributed by atoms with van der Waals surface area (Å²) in [5.74, 6) is 2.55. The molecule has 0 unspecified atom stereocenters. The van der Waals surface area contributed by atoms with E-state index in [4.69, 9.17) is 6.42 Å². The number of rotatable bonds is 3. The van der Waals surface area contributed by atoms with Gasteiger partial charge in [0.05, 0.1) is 21.7 Å². The predicted molar refractivity (Wildman–Crippen MR) is 92.6 cm³/mol. The van der Waals surface area contributed by atoms with Crippen molar-refractivity contribution in [3.63, 3.8) is 0 Å². The van der Waals surface area contributed by atoms with Gasteiger partial charge in [0.1, 0.15) is 0 Å². The van der Waals surface area contributed by atoms with Gasteiger partial charge in [-0.15, -0.1) is 10.8 Å². The Morgan fingerprint density at radius 2 is 1.87 bits per heavy atom. The van der Waals surface area contributed by atoms with Crippen molar-refractivity contribution in [3.05, 3.63) is 58.9 Å². The average Bonchev–Trinajstić information content (AvgIpc) is 2.85. The first-order valence-corrected chi connectivity index (χ1v) is 9.16. The van der Waals surface area contributed by atoms with Gasteiger partial charge in [0.25, 0.3) is 10.0 Å². The number of sulfonamides is 1. The number of para-hydroxylation sites is 1. The van der Waals surface area contributed by atoms with Crippen molar-refractivity contribution in [2.75, 3.05) is 0 Å². The van der Waals surface area contributed by atoms with Crippen molar-refractivity contribution in [3.8, 4) is 12.3 Å². The van der Waals surface area contributed by atoms with Crippen molar-refractivity contribution in [1.82, 2.24) is 4.57 Å². The molecule has 0 radical (unpaired) electrons. The standard InChI is InChI=1S/C17H14N2O2S2/c1-3-12-19-15-6-4-5-7-16(15)22-17(19)18-23(20,21)14-10-8-13(2)9-11-14/h1,4-11H,12H2,2H3/b18-17-. The van der Waals surface area contributed by atoms with Gasteiger partial charge in [0.2, 0.25) is 4.80 Å². The van der Waals surface area contributed by atoms with Gasteiger partial charge in [-0.3, -0.25) is 0 Å². The maximum absolute atomic E-state index is 12.5. The van der Waals surface area contributed by atoms with Crippen LogP contribution in [0.3, 0.4) is 0 Å². The van der Waals surface area contributed by atoms with Crippen molar-refractivity contribution in [2.45, 2.75) is 18.4 Å². The smallest absolute Gasteiger partial charge is 0.285 e. The van der Waals surface area contributed by atoms with Crippen molar-refractivity contribution < 1.29 is 8.42 Å². The molecular formula is C17H14N2O2S2. The molecule has 0 amide bonds. The lowest BCUT2D eigenvalue weighted by Crippen LogP contribution is -2.16. The number of aryl methyl sites for hydroxylation is 1. The molecule has 0 spiro atoms. The molecule has 0 saturated heterocycles. The molecule has 0 N–H and O–H groups in total. The molecule has 3 aromatic rings. The van der Waals surface area contributed by atoms with E-state index in [0.29, 0.717) is 4.80 Å². The third kappa shape index (κ3) is 3.07. The normalized spacial score (nSPS) is 12.4. The summed E-state index contributed by atoms with van der Waals surface area (Å²) < 4.78 is 31.7. The van der Waals surface area contributed by atoms with E-state index in [1.165, 1.54) is 11.3 Å². The van der Waals surface area contributed by atoms with Gasteiger partial charge in [0.15, 0.2) is 0 Å². The zero-order valence-corrected chi connectivity index (χ0v) is 14.1. The van der Waals surface area contributed by atoms with E-state index in [1.807, 2.05) is 31.2 Å². The monoisotopic (exact) mass is 342 g/mol. The van der Waals surface area contributed by atoms with Gasteiger partial charge in [-0.05, 0) is 31.2 Å². The Labute approximate surface area is 138 Å². The highest BCUT2D eigenvalue weighted by Gasteiger charge is 2.14. The fraction of sp³-hybridized carbons (Fsp3) is 0.118. The van der Waals surface area contributed by atoms with Crippen molar-refractivity contribution in [1.29, 1.82) is 0 Å². The number of hydrogen-bond acceptors (Lipinski definition) is 3. The molecule has 3 rings (SSSR count). The summed E-state index contributed by atoms with van der Waals surface area (Å²) in [6.45, 7) is 2.17. The molecule has 0 aliphatic carbocycles. The molecule has 6 heteroatoms. The fourth-order valence-electron chi connectivity index (χ4n) is 2.20. The molecule has 1 heterocycles. The van der Waals surface area contributed by atoms with E-state index in [0.717, 1.165) is 15.8 Å². The Hall–Kier alpha value is -2.36. The first kappa shape index (κ1) is 15.5. The van der Waals surface area contributed by atoms with Crippen LogP contribution in [0.25, 0.3) is 10.2 Å². The third-order valence-electron chi connectivity index (χ3n) is 3.35. The Bertz CT molecular complexity index is 1070. The summed E-state index contributed by atoms with van der Waals surface area (Å²) in [5.41, 5.74) is 1.88. The first-order chi connectivity index (χ1) is 11.0. The van der Waals surface area contributed by atoms with Gasteiger partial charge >= 0.3 is 0 Å². The van der Waals surface area contributed by atoms with E-state index in [-0.39, 0.29) is 11.4 Å². The molecule has 0 saturated carbocycles. The second-order valence-corrected chi connectivity index (χ2v) is 7.64. The molecule has 4 nitrogen and oxygen atoms in total. The van der Waals surface area contributed by atoms with Crippen molar-refractivity contribution >= 4 is 31.6 Å². The van der Waals surface area contributed by atoms with E-state index in [1.54, 1.807) is 28.8 Å². The fourth-order valence-corrected chi connectivity index (χ4v) is 4.43. The van der Waals surface area contributed by atoms with Crippen LogP contribution in [0.15, 0.2) is 57.8 Å². The van der Waals surface area contributed by atoms with Crippen LogP contribution in [-0.4, -0.2) is 13.0 Å². The van der Waals surface area contributed by atoms with Crippen LogP contribution in [0.4, 0.5) is 0 Å². The molecule has 2 aromatic carbocycles. The van der Waals surface area contributed by atoms with Crippen LogP contribution in [0.2, 0.25) is 0 Å². The second kappa shape index (κ2) is 6.03. The molecule has 116 valence electrons. The van der Waals surface area contributed by atoms with E-state index < -0.39 is 10.0 Å². The number of terminal acetylenes is 1. The zero-order chi connectivity index (χ0) is 16.4. The second-order valence-electron chi connectivity index (χ2n) is 5.02. The van der Waals surface area contributed by atoms with Crippen LogP contribution >= 0.6 is 11.3 Å². The Balaban J connectivity index is 2.22. The molecule has 0 atom stereocenters. The van der Waals surface area contributed by atoms with E-state index in [9.17, 15) is 8.42 Å². The summed E-state index contributed by atoms with van der Waals surface area (Å²) in [7, 11) is -3.77. The summed E-state index contributed by atoms with van der Waals surface area (Å²) in [5, 5.41) is 0. The van der Waals surface area contributed by atoms with Crippen LogP contribution in [0.5, 0.6) is 0 Å².